The predicted octanol–water partition coefficient (Wildman–Crippen LogP) is 2.30. The lowest BCUT2D eigenvalue weighted by atomic mass is 10.1. The molecule has 0 saturated heterocycles. The quantitative estimate of drug-likeness (QED) is 0.799. The van der Waals surface area contributed by atoms with Gasteiger partial charge in [-0.05, 0) is 12.0 Å². The molecule has 1 unspecified atom stereocenters. The highest BCUT2D eigenvalue weighted by atomic mass is 35.5. The number of nitrogens with one attached hydrogen (secondary N) is 1. The minimum absolute atomic E-state index is 0.0438. The normalized spacial score (nSPS) is 13.6. The van der Waals surface area contributed by atoms with E-state index in [2.05, 4.69) is 4.72 Å². The van der Waals surface area contributed by atoms with E-state index in [1.54, 1.807) is 0 Å². The summed E-state index contributed by atoms with van der Waals surface area (Å²) in [5.74, 6) is 0.0679. The Morgan fingerprint density at radius 2 is 1.94 bits per heavy atom. The molecule has 0 spiro atoms. The Labute approximate surface area is 102 Å². The van der Waals surface area contributed by atoms with Gasteiger partial charge in [0.2, 0.25) is 10.0 Å². The molecule has 0 aliphatic carbocycles. The second-order valence-corrected chi connectivity index (χ2v) is 5.75. The van der Waals surface area contributed by atoms with E-state index in [1.807, 2.05) is 37.3 Å². The van der Waals surface area contributed by atoms with Crippen LogP contribution in [-0.2, 0) is 10.0 Å². The van der Waals surface area contributed by atoms with Gasteiger partial charge in [-0.15, -0.1) is 11.6 Å². The molecule has 1 N–H and O–H groups in total. The van der Waals surface area contributed by atoms with Gasteiger partial charge in [-0.25, -0.2) is 13.1 Å². The standard InChI is InChI=1S/C11H16ClNO2S/c1-2-11(10-6-4-3-5-7-10)13-16(14,15)9-8-12/h3-7,11,13H,2,8-9H2,1H3. The molecule has 1 aromatic rings. The summed E-state index contributed by atoms with van der Waals surface area (Å²) < 4.78 is 25.8. The predicted molar refractivity (Wildman–Crippen MR) is 67.1 cm³/mol. The van der Waals surface area contributed by atoms with Crippen molar-refractivity contribution in [1.29, 1.82) is 0 Å². The van der Waals surface area contributed by atoms with Gasteiger partial charge in [-0.1, -0.05) is 37.3 Å². The summed E-state index contributed by atoms with van der Waals surface area (Å²) in [7, 11) is -3.27. The van der Waals surface area contributed by atoms with Crippen molar-refractivity contribution in [3.05, 3.63) is 35.9 Å². The number of benzene rings is 1. The highest BCUT2D eigenvalue weighted by Crippen LogP contribution is 2.16. The first-order chi connectivity index (χ1) is 7.59. The third-order valence-corrected chi connectivity index (χ3v) is 4.08. The Kier molecular flexibility index (Phi) is 5.25. The zero-order valence-corrected chi connectivity index (χ0v) is 10.8. The third kappa shape index (κ3) is 4.12. The van der Waals surface area contributed by atoms with Crippen LogP contribution in [0.2, 0.25) is 0 Å². The van der Waals surface area contributed by atoms with Crippen LogP contribution in [0, 0.1) is 0 Å². The van der Waals surface area contributed by atoms with E-state index in [-0.39, 0.29) is 17.7 Å². The molecule has 0 amide bonds. The van der Waals surface area contributed by atoms with Crippen molar-refractivity contribution in [1.82, 2.24) is 4.72 Å². The lowest BCUT2D eigenvalue weighted by molar-refractivity contribution is 0.551. The Morgan fingerprint density at radius 3 is 2.44 bits per heavy atom. The molecule has 0 saturated carbocycles. The van der Waals surface area contributed by atoms with E-state index in [4.69, 9.17) is 11.6 Å². The summed E-state index contributed by atoms with van der Waals surface area (Å²) in [4.78, 5) is 0. The first-order valence-electron chi connectivity index (χ1n) is 5.20. The first kappa shape index (κ1) is 13.5. The molecule has 0 aliphatic heterocycles. The first-order valence-corrected chi connectivity index (χ1v) is 7.38. The molecule has 0 heterocycles. The van der Waals surface area contributed by atoms with E-state index in [9.17, 15) is 8.42 Å². The monoisotopic (exact) mass is 261 g/mol. The van der Waals surface area contributed by atoms with Crippen LogP contribution in [0.1, 0.15) is 24.9 Å². The van der Waals surface area contributed by atoms with Crippen LogP contribution in [0.25, 0.3) is 0 Å². The molecule has 1 aromatic carbocycles. The molecular formula is C11H16ClNO2S. The van der Waals surface area contributed by atoms with Crippen LogP contribution < -0.4 is 4.72 Å². The zero-order valence-electron chi connectivity index (χ0n) is 9.19. The molecule has 1 atom stereocenters. The maximum Gasteiger partial charge on any atom is 0.213 e. The Morgan fingerprint density at radius 1 is 1.31 bits per heavy atom. The number of halogens is 1. The van der Waals surface area contributed by atoms with Crippen molar-refractivity contribution in [2.45, 2.75) is 19.4 Å². The summed E-state index contributed by atoms with van der Waals surface area (Å²) in [5, 5.41) is 0. The number of hydrogen-bond acceptors (Lipinski definition) is 2. The van der Waals surface area contributed by atoms with Gasteiger partial charge in [0.1, 0.15) is 0 Å². The van der Waals surface area contributed by atoms with Gasteiger partial charge in [0, 0.05) is 11.9 Å². The fraction of sp³-hybridized carbons (Fsp3) is 0.455. The average Bonchev–Trinajstić information content (AvgIpc) is 2.27. The SMILES string of the molecule is CCC(NS(=O)(=O)CCCl)c1ccccc1. The van der Waals surface area contributed by atoms with Crippen LogP contribution >= 0.6 is 11.6 Å². The largest absolute Gasteiger partial charge is 0.213 e. The summed E-state index contributed by atoms with van der Waals surface area (Å²) >= 11 is 5.44. The summed E-state index contributed by atoms with van der Waals surface area (Å²) in [6.45, 7) is 1.95. The molecule has 1 rings (SSSR count). The molecular weight excluding hydrogens is 246 g/mol. The molecule has 0 aliphatic rings. The smallest absolute Gasteiger partial charge is 0.212 e. The highest BCUT2D eigenvalue weighted by Gasteiger charge is 2.16. The number of hydrogen-bond donors (Lipinski definition) is 1. The van der Waals surface area contributed by atoms with Crippen LogP contribution in [0.15, 0.2) is 30.3 Å². The Bertz CT molecular complexity index is 405. The van der Waals surface area contributed by atoms with Crippen molar-refractivity contribution in [3.63, 3.8) is 0 Å². The summed E-state index contributed by atoms with van der Waals surface area (Å²) in [5.41, 5.74) is 0.975. The second-order valence-electron chi connectivity index (χ2n) is 3.50. The van der Waals surface area contributed by atoms with Crippen molar-refractivity contribution in [3.8, 4) is 0 Å². The lowest BCUT2D eigenvalue weighted by Gasteiger charge is -2.16. The molecule has 0 bridgehead atoms. The molecule has 0 aromatic heterocycles. The van der Waals surface area contributed by atoms with Gasteiger partial charge < -0.3 is 0 Å². The van der Waals surface area contributed by atoms with Crippen LogP contribution in [0.5, 0.6) is 0 Å². The zero-order chi connectivity index (χ0) is 12.0. The highest BCUT2D eigenvalue weighted by molar-refractivity contribution is 7.89. The van der Waals surface area contributed by atoms with E-state index in [1.165, 1.54) is 0 Å². The minimum atomic E-state index is -3.27. The van der Waals surface area contributed by atoms with Crippen molar-refractivity contribution >= 4 is 21.6 Å². The number of rotatable bonds is 6. The number of alkyl halides is 1. The van der Waals surface area contributed by atoms with Crippen molar-refractivity contribution in [2.24, 2.45) is 0 Å². The van der Waals surface area contributed by atoms with E-state index in [0.29, 0.717) is 6.42 Å². The van der Waals surface area contributed by atoms with Crippen LogP contribution in [0.3, 0.4) is 0 Å². The molecule has 3 nitrogen and oxygen atoms in total. The van der Waals surface area contributed by atoms with E-state index < -0.39 is 10.0 Å². The van der Waals surface area contributed by atoms with Crippen LogP contribution in [-0.4, -0.2) is 20.1 Å². The Balaban J connectivity index is 2.78. The van der Waals surface area contributed by atoms with Crippen LogP contribution in [0.4, 0.5) is 0 Å². The molecule has 5 heteroatoms. The summed E-state index contributed by atoms with van der Waals surface area (Å²) in [6.07, 6.45) is 0.714. The molecule has 16 heavy (non-hydrogen) atoms. The van der Waals surface area contributed by atoms with Crippen molar-refractivity contribution < 1.29 is 8.42 Å². The maximum atomic E-state index is 11.6. The minimum Gasteiger partial charge on any atom is -0.212 e. The molecule has 0 fully saturated rings. The topological polar surface area (TPSA) is 46.2 Å². The molecule has 0 radical (unpaired) electrons. The van der Waals surface area contributed by atoms with Gasteiger partial charge >= 0.3 is 0 Å². The lowest BCUT2D eigenvalue weighted by Crippen LogP contribution is -2.30. The molecule has 90 valence electrons. The summed E-state index contributed by atoms with van der Waals surface area (Å²) in [6, 6.07) is 9.36. The fourth-order valence-electron chi connectivity index (χ4n) is 1.45. The second kappa shape index (κ2) is 6.23. The fourth-order valence-corrected chi connectivity index (χ4v) is 3.12. The average molecular weight is 262 g/mol. The maximum absolute atomic E-state index is 11.6. The Hall–Kier alpha value is -0.580. The number of sulfonamides is 1. The van der Waals surface area contributed by atoms with Gasteiger partial charge in [0.05, 0.1) is 5.75 Å². The third-order valence-electron chi connectivity index (χ3n) is 2.28. The van der Waals surface area contributed by atoms with E-state index in [0.717, 1.165) is 5.56 Å². The van der Waals surface area contributed by atoms with Gasteiger partial charge in [0.15, 0.2) is 0 Å². The van der Waals surface area contributed by atoms with Gasteiger partial charge in [-0.3, -0.25) is 0 Å². The van der Waals surface area contributed by atoms with Crippen molar-refractivity contribution in [2.75, 3.05) is 11.6 Å². The van der Waals surface area contributed by atoms with E-state index >= 15 is 0 Å². The van der Waals surface area contributed by atoms with Gasteiger partial charge in [0.25, 0.3) is 0 Å². The van der Waals surface area contributed by atoms with Gasteiger partial charge in [-0.2, -0.15) is 0 Å².